The van der Waals surface area contributed by atoms with Crippen molar-refractivity contribution in [2.45, 2.75) is 33.0 Å². The fraction of sp³-hybridized carbons (Fsp3) is 0.182. The van der Waals surface area contributed by atoms with Gasteiger partial charge in [-0.3, -0.25) is 24.0 Å². The van der Waals surface area contributed by atoms with Crippen LogP contribution in [0.15, 0.2) is 150 Å². The molecule has 17 heteroatoms. The van der Waals surface area contributed by atoms with E-state index >= 15 is 0 Å². The van der Waals surface area contributed by atoms with Gasteiger partial charge in [-0.15, -0.1) is 0 Å². The minimum Gasteiger partial charge on any atom is -0.346 e. The van der Waals surface area contributed by atoms with E-state index in [0.717, 1.165) is 45.2 Å². The van der Waals surface area contributed by atoms with E-state index in [2.05, 4.69) is 38.1 Å². The van der Waals surface area contributed by atoms with Crippen LogP contribution in [0.2, 0.25) is 0 Å². The van der Waals surface area contributed by atoms with Crippen LogP contribution in [0, 0.1) is 24.4 Å². The number of fused-ring (bicyclic) bond motifs is 3. The number of aryl methyl sites for hydroxylation is 1. The van der Waals surface area contributed by atoms with Crippen molar-refractivity contribution in [2.75, 3.05) is 32.7 Å². The number of aromatic nitrogens is 6. The molecular formula is C55H46F3N9O5. The highest BCUT2D eigenvalue weighted by Gasteiger charge is 2.29. The van der Waals surface area contributed by atoms with Gasteiger partial charge in [0.05, 0.1) is 18.7 Å². The number of rotatable bonds is 8. The Morgan fingerprint density at radius 3 is 1.76 bits per heavy atom. The molecule has 0 bridgehead atoms. The van der Waals surface area contributed by atoms with Crippen molar-refractivity contribution >= 4 is 39.8 Å². The number of nitrogens with one attached hydrogen (secondary N) is 2. The van der Waals surface area contributed by atoms with Crippen LogP contribution in [0.5, 0.6) is 0 Å². The standard InChI is InChI=1S/C29H22F2N4O2.C26H24FN5O3/c30-25-8-5-18(13-26(25)31)16-34-11-2-4-23(28(34)36)29(37)35-12-9-19-6-7-20(14-21(19)17-35)24-15-33-27-22(24)3-1-10-32-27;1-17-6-7-18(14-22(17)27)16-32-9-3-5-20(25(32)34)24(33)30-10-12-31(13-11-30)26(35)21-15-29-23-19(21)4-2-8-28-23/h1-8,10-11,13-15H,9,12,16-17H2,(H,32,33);2-9,14-15H,10-13,16H2,1H3,(H,28,29). The second kappa shape index (κ2) is 19.9. The number of carbonyl (C=O) groups excluding carboxylic acids is 3. The molecule has 14 nitrogen and oxygen atoms in total. The summed E-state index contributed by atoms with van der Waals surface area (Å²) < 4.78 is 43.5. The van der Waals surface area contributed by atoms with E-state index in [4.69, 9.17) is 0 Å². The molecule has 362 valence electrons. The van der Waals surface area contributed by atoms with Crippen molar-refractivity contribution in [1.29, 1.82) is 0 Å². The summed E-state index contributed by atoms with van der Waals surface area (Å²) in [7, 11) is 0. The zero-order valence-electron chi connectivity index (χ0n) is 38.9. The third-order valence-corrected chi connectivity index (χ3v) is 13.2. The Bertz CT molecular complexity index is 3690. The zero-order chi connectivity index (χ0) is 50.0. The van der Waals surface area contributed by atoms with Gasteiger partial charge in [-0.1, -0.05) is 30.3 Å². The van der Waals surface area contributed by atoms with Crippen molar-refractivity contribution in [1.82, 2.24) is 43.8 Å². The molecule has 3 amide bonds. The SMILES string of the molecule is Cc1ccc(Cn2cccc(C(=O)N3CCN(C(=O)c4c[nH]c5ncccc45)CC3)c2=O)cc1F.O=C(c1cccn(Cc2ccc(F)c(F)c2)c1=O)N1CCc2ccc(-c3c[nH]c4ncccc34)cc2C1. The Kier molecular flexibility index (Phi) is 12.9. The Balaban J connectivity index is 0.000000166. The Hall–Kier alpha value is -8.86. The second-order valence-electron chi connectivity index (χ2n) is 17.8. The molecule has 72 heavy (non-hydrogen) atoms. The van der Waals surface area contributed by atoms with E-state index in [9.17, 15) is 37.1 Å². The first-order valence-electron chi connectivity index (χ1n) is 23.3. The van der Waals surface area contributed by atoms with Crippen molar-refractivity contribution in [3.8, 4) is 11.1 Å². The van der Waals surface area contributed by atoms with Crippen LogP contribution in [0.1, 0.15) is 58.9 Å². The normalized spacial score (nSPS) is 13.5. The smallest absolute Gasteiger partial charge is 0.263 e. The lowest BCUT2D eigenvalue weighted by molar-refractivity contribution is 0.0535. The molecule has 0 spiro atoms. The number of aromatic amines is 2. The van der Waals surface area contributed by atoms with Gasteiger partial charge >= 0.3 is 0 Å². The number of piperazine rings is 1. The highest BCUT2D eigenvalue weighted by molar-refractivity contribution is 6.06. The van der Waals surface area contributed by atoms with Crippen molar-refractivity contribution in [3.05, 3.63) is 223 Å². The summed E-state index contributed by atoms with van der Waals surface area (Å²) in [6.45, 7) is 4.13. The Morgan fingerprint density at radius 2 is 1.12 bits per heavy atom. The molecule has 11 rings (SSSR count). The van der Waals surface area contributed by atoms with E-state index in [1.54, 1.807) is 76.7 Å². The summed E-state index contributed by atoms with van der Waals surface area (Å²) in [5.41, 5.74) is 7.10. The van der Waals surface area contributed by atoms with Gasteiger partial charge in [0.15, 0.2) is 11.6 Å². The van der Waals surface area contributed by atoms with Crippen LogP contribution in [0.25, 0.3) is 33.2 Å². The van der Waals surface area contributed by atoms with Crippen LogP contribution in [-0.4, -0.2) is 94.2 Å². The minimum absolute atomic E-state index is 0.0306. The Morgan fingerprint density at radius 1 is 0.556 bits per heavy atom. The number of hydrogen-bond donors (Lipinski definition) is 2. The predicted octanol–water partition coefficient (Wildman–Crippen LogP) is 7.74. The summed E-state index contributed by atoms with van der Waals surface area (Å²) in [5, 5.41) is 1.78. The van der Waals surface area contributed by atoms with Crippen LogP contribution >= 0.6 is 0 Å². The van der Waals surface area contributed by atoms with E-state index in [1.807, 2.05) is 24.4 Å². The number of halogens is 3. The van der Waals surface area contributed by atoms with Crippen molar-refractivity contribution in [2.24, 2.45) is 0 Å². The quantitative estimate of drug-likeness (QED) is 0.158. The third kappa shape index (κ3) is 9.43. The van der Waals surface area contributed by atoms with E-state index < -0.39 is 22.8 Å². The van der Waals surface area contributed by atoms with Gasteiger partial charge in [-0.05, 0) is 120 Å². The van der Waals surface area contributed by atoms with Gasteiger partial charge in [0.2, 0.25) is 0 Å². The molecule has 9 aromatic rings. The number of hydrogen-bond acceptors (Lipinski definition) is 7. The van der Waals surface area contributed by atoms with E-state index in [-0.39, 0.29) is 47.8 Å². The maximum atomic E-state index is 13.9. The lowest BCUT2D eigenvalue weighted by Gasteiger charge is -2.34. The molecular weight excluding hydrogens is 924 g/mol. The molecule has 6 aromatic heterocycles. The van der Waals surface area contributed by atoms with Crippen molar-refractivity contribution in [3.63, 3.8) is 0 Å². The summed E-state index contributed by atoms with van der Waals surface area (Å²) in [5.74, 6) is -3.11. The summed E-state index contributed by atoms with van der Waals surface area (Å²) in [6, 6.07) is 28.4. The van der Waals surface area contributed by atoms with Gasteiger partial charge in [0.1, 0.15) is 28.2 Å². The number of pyridine rings is 4. The third-order valence-electron chi connectivity index (χ3n) is 13.2. The molecule has 2 aliphatic rings. The van der Waals surface area contributed by atoms with Gasteiger partial charge in [-0.25, -0.2) is 23.1 Å². The maximum Gasteiger partial charge on any atom is 0.263 e. The number of carbonyl (C=O) groups is 3. The lowest BCUT2D eigenvalue weighted by Crippen LogP contribution is -2.51. The summed E-state index contributed by atoms with van der Waals surface area (Å²) >= 11 is 0. The minimum atomic E-state index is -0.979. The predicted molar refractivity (Wildman–Crippen MR) is 265 cm³/mol. The summed E-state index contributed by atoms with van der Waals surface area (Å²) in [4.78, 5) is 85.5. The average Bonchev–Trinajstić information content (AvgIpc) is 4.04. The molecule has 1 saturated heterocycles. The van der Waals surface area contributed by atoms with E-state index in [0.29, 0.717) is 73.6 Å². The molecule has 2 N–H and O–H groups in total. The highest BCUT2D eigenvalue weighted by Crippen LogP contribution is 2.31. The number of benzene rings is 3. The van der Waals surface area contributed by atoms with Gasteiger partial charge < -0.3 is 33.8 Å². The van der Waals surface area contributed by atoms with Crippen LogP contribution < -0.4 is 11.1 Å². The molecule has 0 unspecified atom stereocenters. The monoisotopic (exact) mass is 969 g/mol. The summed E-state index contributed by atoms with van der Waals surface area (Å²) in [6.07, 6.45) is 10.8. The molecule has 0 saturated carbocycles. The van der Waals surface area contributed by atoms with Crippen molar-refractivity contribution < 1.29 is 27.6 Å². The van der Waals surface area contributed by atoms with E-state index in [1.165, 1.54) is 45.2 Å². The first-order valence-corrected chi connectivity index (χ1v) is 23.3. The van der Waals surface area contributed by atoms with Gasteiger partial charge in [-0.2, -0.15) is 0 Å². The molecule has 0 aliphatic carbocycles. The number of amides is 3. The molecule has 8 heterocycles. The molecule has 1 fully saturated rings. The van der Waals surface area contributed by atoms with Crippen LogP contribution in [0.3, 0.4) is 0 Å². The van der Waals surface area contributed by atoms with Crippen LogP contribution in [-0.2, 0) is 26.1 Å². The first-order chi connectivity index (χ1) is 34.9. The largest absolute Gasteiger partial charge is 0.346 e. The fourth-order valence-corrected chi connectivity index (χ4v) is 9.26. The molecule has 0 atom stereocenters. The lowest BCUT2D eigenvalue weighted by atomic mass is 9.94. The average molecular weight is 970 g/mol. The maximum absolute atomic E-state index is 13.9. The highest BCUT2D eigenvalue weighted by atomic mass is 19.2. The second-order valence-corrected chi connectivity index (χ2v) is 17.8. The first kappa shape index (κ1) is 46.8. The Labute approximate surface area is 409 Å². The zero-order valence-corrected chi connectivity index (χ0v) is 38.9. The molecule has 2 aliphatic heterocycles. The van der Waals surface area contributed by atoms with Gasteiger partial charge in [0.25, 0.3) is 28.8 Å². The molecule has 3 aromatic carbocycles. The fourth-order valence-electron chi connectivity index (χ4n) is 9.26. The molecule has 0 radical (unpaired) electrons. The van der Waals surface area contributed by atoms with Crippen LogP contribution in [0.4, 0.5) is 13.2 Å². The number of H-pyrrole nitrogens is 2. The van der Waals surface area contributed by atoms with Gasteiger partial charge in [0, 0.05) is 92.8 Å². The topological polar surface area (TPSA) is 162 Å². The number of nitrogens with zero attached hydrogens (tertiary/aromatic N) is 7.